The summed E-state index contributed by atoms with van der Waals surface area (Å²) in [5.74, 6) is 0.425. The predicted octanol–water partition coefficient (Wildman–Crippen LogP) is 1.67. The van der Waals surface area contributed by atoms with Crippen molar-refractivity contribution in [3.05, 3.63) is 39.7 Å². The lowest BCUT2D eigenvalue weighted by Gasteiger charge is -2.40. The maximum absolute atomic E-state index is 11.4. The molecule has 3 rings (SSSR count). The zero-order valence-electron chi connectivity index (χ0n) is 11.5. The van der Waals surface area contributed by atoms with Crippen molar-refractivity contribution in [1.82, 2.24) is 0 Å². The Hall–Kier alpha value is -1.85. The molecule has 0 saturated heterocycles. The molecule has 2 atom stereocenters. The van der Waals surface area contributed by atoms with Gasteiger partial charge < -0.3 is 19.4 Å². The van der Waals surface area contributed by atoms with E-state index in [9.17, 15) is 15.0 Å². The van der Waals surface area contributed by atoms with E-state index in [1.54, 1.807) is 32.9 Å². The van der Waals surface area contributed by atoms with Gasteiger partial charge in [0, 0.05) is 23.1 Å². The Morgan fingerprint density at radius 2 is 1.90 bits per heavy atom. The number of hydrogen-bond acceptors (Lipinski definition) is 5. The molecule has 2 aromatic rings. The summed E-state index contributed by atoms with van der Waals surface area (Å²) in [5, 5.41) is 21.1. The van der Waals surface area contributed by atoms with Crippen LogP contribution in [0.2, 0.25) is 0 Å². The van der Waals surface area contributed by atoms with Crippen LogP contribution in [0, 0.1) is 6.92 Å². The van der Waals surface area contributed by atoms with Gasteiger partial charge in [-0.05, 0) is 32.4 Å². The highest BCUT2D eigenvalue weighted by molar-refractivity contribution is 5.83. The van der Waals surface area contributed by atoms with Crippen LogP contribution in [-0.2, 0) is 0 Å². The fraction of sp³-hybridized carbons (Fsp3) is 0.400. The monoisotopic (exact) mass is 276 g/mol. The van der Waals surface area contributed by atoms with Crippen LogP contribution in [0.15, 0.2) is 27.4 Å². The van der Waals surface area contributed by atoms with Crippen LogP contribution in [0.5, 0.6) is 5.75 Å². The van der Waals surface area contributed by atoms with Crippen LogP contribution in [-0.4, -0.2) is 21.9 Å². The first-order valence-electron chi connectivity index (χ1n) is 6.43. The van der Waals surface area contributed by atoms with Crippen molar-refractivity contribution in [3.8, 4) is 5.75 Å². The highest BCUT2D eigenvalue weighted by atomic mass is 16.5. The van der Waals surface area contributed by atoms with Crippen LogP contribution in [0.4, 0.5) is 0 Å². The third-order valence-electron chi connectivity index (χ3n) is 3.78. The van der Waals surface area contributed by atoms with Gasteiger partial charge in [-0.25, -0.2) is 4.79 Å². The molecular formula is C15H16O5. The molecule has 1 aliphatic heterocycles. The summed E-state index contributed by atoms with van der Waals surface area (Å²) in [7, 11) is 0. The van der Waals surface area contributed by atoms with Crippen molar-refractivity contribution in [2.75, 3.05) is 0 Å². The molecule has 1 aliphatic rings. The summed E-state index contributed by atoms with van der Waals surface area (Å²) >= 11 is 0. The van der Waals surface area contributed by atoms with E-state index in [0.29, 0.717) is 16.9 Å². The molecule has 1 aromatic heterocycles. The Labute approximate surface area is 115 Å². The molecule has 0 saturated carbocycles. The first-order chi connectivity index (χ1) is 9.29. The second kappa shape index (κ2) is 4.07. The average Bonchev–Trinajstić information content (AvgIpc) is 2.34. The van der Waals surface area contributed by atoms with Gasteiger partial charge in [0.2, 0.25) is 0 Å². The Balaban J connectivity index is 2.30. The topological polar surface area (TPSA) is 79.9 Å². The van der Waals surface area contributed by atoms with Gasteiger partial charge in [-0.3, -0.25) is 0 Å². The number of aryl methyl sites for hydroxylation is 1. The van der Waals surface area contributed by atoms with Crippen LogP contribution in [0.3, 0.4) is 0 Å². The first kappa shape index (κ1) is 13.1. The normalized spacial score (nSPS) is 24.2. The maximum Gasteiger partial charge on any atom is 0.336 e. The van der Waals surface area contributed by atoms with E-state index in [-0.39, 0.29) is 0 Å². The summed E-state index contributed by atoms with van der Waals surface area (Å²) in [6.07, 6.45) is -2.06. The molecule has 0 amide bonds. The molecule has 106 valence electrons. The van der Waals surface area contributed by atoms with Crippen molar-refractivity contribution < 1.29 is 19.4 Å². The van der Waals surface area contributed by atoms with Gasteiger partial charge >= 0.3 is 5.63 Å². The molecule has 0 spiro atoms. The molecule has 1 aromatic carbocycles. The maximum atomic E-state index is 11.4. The second-order valence-corrected chi connectivity index (χ2v) is 5.73. The summed E-state index contributed by atoms with van der Waals surface area (Å²) < 4.78 is 10.9. The van der Waals surface area contributed by atoms with E-state index >= 15 is 0 Å². The fourth-order valence-electron chi connectivity index (χ4n) is 2.58. The molecule has 20 heavy (non-hydrogen) atoms. The molecule has 0 aliphatic carbocycles. The minimum Gasteiger partial charge on any atom is -0.485 e. The molecule has 5 nitrogen and oxygen atoms in total. The SMILES string of the molecule is Cc1cc(=O)oc2cc3c(cc12)[C@H](O)[C@H](O)C(C)(C)O3. The molecule has 0 radical (unpaired) electrons. The van der Waals surface area contributed by atoms with Crippen LogP contribution in [0.1, 0.15) is 31.1 Å². The quantitative estimate of drug-likeness (QED) is 0.715. The summed E-state index contributed by atoms with van der Waals surface area (Å²) in [6.45, 7) is 5.18. The molecule has 0 bridgehead atoms. The Kier molecular flexibility index (Phi) is 2.68. The van der Waals surface area contributed by atoms with E-state index in [1.807, 2.05) is 0 Å². The number of rotatable bonds is 0. The van der Waals surface area contributed by atoms with Gasteiger partial charge in [-0.2, -0.15) is 0 Å². The fourth-order valence-corrected chi connectivity index (χ4v) is 2.58. The number of fused-ring (bicyclic) bond motifs is 2. The summed E-state index contributed by atoms with van der Waals surface area (Å²) in [4.78, 5) is 11.4. The largest absolute Gasteiger partial charge is 0.485 e. The van der Waals surface area contributed by atoms with Gasteiger partial charge in [0.05, 0.1) is 0 Å². The van der Waals surface area contributed by atoms with Gasteiger partial charge in [-0.15, -0.1) is 0 Å². The smallest absolute Gasteiger partial charge is 0.336 e. The zero-order valence-corrected chi connectivity index (χ0v) is 11.5. The average molecular weight is 276 g/mol. The van der Waals surface area contributed by atoms with Crippen molar-refractivity contribution in [2.24, 2.45) is 0 Å². The van der Waals surface area contributed by atoms with E-state index in [1.165, 1.54) is 6.07 Å². The molecule has 0 unspecified atom stereocenters. The lowest BCUT2D eigenvalue weighted by Crippen LogP contribution is -2.48. The number of benzene rings is 1. The number of ether oxygens (including phenoxy) is 1. The van der Waals surface area contributed by atoms with Gasteiger partial charge in [0.25, 0.3) is 0 Å². The van der Waals surface area contributed by atoms with Crippen LogP contribution >= 0.6 is 0 Å². The van der Waals surface area contributed by atoms with Crippen LogP contribution < -0.4 is 10.4 Å². The minimum atomic E-state index is -1.04. The van der Waals surface area contributed by atoms with Crippen molar-refractivity contribution >= 4 is 11.0 Å². The number of aliphatic hydroxyl groups excluding tert-OH is 2. The minimum absolute atomic E-state index is 0.410. The molecule has 0 fully saturated rings. The summed E-state index contributed by atoms with van der Waals surface area (Å²) in [6, 6.07) is 4.69. The molecule has 5 heteroatoms. The Morgan fingerprint density at radius 3 is 2.60 bits per heavy atom. The van der Waals surface area contributed by atoms with Crippen LogP contribution in [0.25, 0.3) is 11.0 Å². The van der Waals surface area contributed by atoms with E-state index in [2.05, 4.69) is 0 Å². The lowest BCUT2D eigenvalue weighted by molar-refractivity contribution is -0.111. The van der Waals surface area contributed by atoms with Crippen molar-refractivity contribution in [2.45, 2.75) is 38.6 Å². The molecule has 2 heterocycles. The Morgan fingerprint density at radius 1 is 1.20 bits per heavy atom. The highest BCUT2D eigenvalue weighted by Gasteiger charge is 2.42. The van der Waals surface area contributed by atoms with Gasteiger partial charge in [0.1, 0.15) is 29.1 Å². The van der Waals surface area contributed by atoms with Gasteiger partial charge in [-0.1, -0.05) is 0 Å². The standard InChI is InChI=1S/C15H16O5/c1-7-4-12(16)19-10-6-11-9(5-8(7)10)13(17)14(18)15(2,3)20-11/h4-6,13-14,17-18H,1-3H3/t13-,14-/m0/s1. The second-order valence-electron chi connectivity index (χ2n) is 5.73. The van der Waals surface area contributed by atoms with E-state index < -0.39 is 23.4 Å². The third kappa shape index (κ3) is 1.82. The number of aliphatic hydroxyl groups is 2. The summed E-state index contributed by atoms with van der Waals surface area (Å²) in [5.41, 5.74) is 0.329. The third-order valence-corrected chi connectivity index (χ3v) is 3.78. The van der Waals surface area contributed by atoms with Gasteiger partial charge in [0.15, 0.2) is 0 Å². The highest BCUT2D eigenvalue weighted by Crippen LogP contribution is 2.41. The molecule has 2 N–H and O–H groups in total. The predicted molar refractivity (Wildman–Crippen MR) is 72.9 cm³/mol. The van der Waals surface area contributed by atoms with Crippen molar-refractivity contribution in [1.29, 1.82) is 0 Å². The molecular weight excluding hydrogens is 260 g/mol. The Bertz CT molecular complexity index is 744. The zero-order chi connectivity index (χ0) is 14.7. The first-order valence-corrected chi connectivity index (χ1v) is 6.43. The lowest BCUT2D eigenvalue weighted by atomic mass is 9.88. The van der Waals surface area contributed by atoms with Crippen molar-refractivity contribution in [3.63, 3.8) is 0 Å². The number of hydrogen-bond donors (Lipinski definition) is 2. The van der Waals surface area contributed by atoms with E-state index in [0.717, 1.165) is 10.9 Å². The van der Waals surface area contributed by atoms with E-state index in [4.69, 9.17) is 9.15 Å².